The Balaban J connectivity index is 2.10. The molecular formula is C21H14ClF6NO6. The Bertz CT molecular complexity index is 1190. The van der Waals surface area contributed by atoms with E-state index in [1.54, 1.807) is 0 Å². The van der Waals surface area contributed by atoms with Gasteiger partial charge in [-0.1, -0.05) is 11.6 Å². The van der Waals surface area contributed by atoms with Crippen LogP contribution in [-0.2, 0) is 30.0 Å². The number of alkyl halides is 3. The van der Waals surface area contributed by atoms with Crippen LogP contribution in [0.25, 0.3) is 0 Å². The van der Waals surface area contributed by atoms with Gasteiger partial charge in [0.15, 0.2) is 17.4 Å². The monoisotopic (exact) mass is 525 g/mol. The predicted octanol–water partition coefficient (Wildman–Crippen LogP) is 4.96. The molecule has 7 nitrogen and oxygen atoms in total. The normalized spacial score (nSPS) is 14.1. The van der Waals surface area contributed by atoms with Crippen molar-refractivity contribution < 1.29 is 54.9 Å². The van der Waals surface area contributed by atoms with Crippen molar-refractivity contribution in [3.8, 4) is 11.5 Å². The van der Waals surface area contributed by atoms with E-state index in [9.17, 15) is 35.9 Å². The minimum absolute atomic E-state index is 0.00988. The van der Waals surface area contributed by atoms with E-state index in [1.807, 2.05) is 0 Å². The van der Waals surface area contributed by atoms with Crippen molar-refractivity contribution in [1.29, 1.82) is 0 Å². The molecule has 0 spiro atoms. The Morgan fingerprint density at radius 1 is 0.971 bits per heavy atom. The Kier molecular flexibility index (Phi) is 7.50. The highest BCUT2D eigenvalue weighted by molar-refractivity contribution is 6.32. The molecule has 1 heterocycles. The van der Waals surface area contributed by atoms with Gasteiger partial charge in [-0.2, -0.15) is 13.2 Å². The second-order valence-corrected chi connectivity index (χ2v) is 7.23. The lowest BCUT2D eigenvalue weighted by Gasteiger charge is -2.31. The highest BCUT2D eigenvalue weighted by atomic mass is 35.5. The number of carbonyl (C=O) groups excluding carboxylic acids is 2. The lowest BCUT2D eigenvalue weighted by Crippen LogP contribution is -2.39. The summed E-state index contributed by atoms with van der Waals surface area (Å²) in [6.07, 6.45) is -5.02. The third kappa shape index (κ3) is 5.30. The van der Waals surface area contributed by atoms with Crippen LogP contribution in [0.3, 0.4) is 0 Å². The molecule has 35 heavy (non-hydrogen) atoms. The zero-order valence-electron chi connectivity index (χ0n) is 17.8. The molecule has 0 saturated carbocycles. The van der Waals surface area contributed by atoms with E-state index in [4.69, 9.17) is 21.1 Å². The fourth-order valence-electron chi connectivity index (χ4n) is 3.07. The number of anilines is 1. The first-order valence-corrected chi connectivity index (χ1v) is 9.75. The zero-order chi connectivity index (χ0) is 26.1. The first kappa shape index (κ1) is 26.2. The molecule has 0 bridgehead atoms. The van der Waals surface area contributed by atoms with Gasteiger partial charge in [-0.15, -0.1) is 0 Å². The number of ether oxygens (including phenoxy) is 4. The average molecular weight is 526 g/mol. The van der Waals surface area contributed by atoms with Gasteiger partial charge in [0.05, 0.1) is 42.7 Å². The van der Waals surface area contributed by atoms with Crippen molar-refractivity contribution in [2.24, 2.45) is 0 Å². The van der Waals surface area contributed by atoms with E-state index in [0.29, 0.717) is 6.07 Å². The molecule has 0 saturated heterocycles. The van der Waals surface area contributed by atoms with Crippen LogP contribution in [0.2, 0.25) is 5.02 Å². The smallest absolute Gasteiger partial charge is 0.416 e. The molecule has 0 aromatic heterocycles. The maximum Gasteiger partial charge on any atom is 0.416 e. The molecule has 0 radical (unpaired) electrons. The second-order valence-electron chi connectivity index (χ2n) is 6.82. The molecule has 0 fully saturated rings. The fraction of sp³-hybridized carbons (Fsp3) is 0.238. The molecule has 1 aliphatic rings. The number of methoxy groups -OCH3 is 2. The molecule has 2 aromatic carbocycles. The van der Waals surface area contributed by atoms with Crippen molar-refractivity contribution >= 4 is 29.2 Å². The number of nitrogens with zero attached hydrogens (tertiary/aromatic N) is 1. The Morgan fingerprint density at radius 2 is 1.57 bits per heavy atom. The number of esters is 2. The van der Waals surface area contributed by atoms with E-state index >= 15 is 0 Å². The number of rotatable bonds is 5. The summed E-state index contributed by atoms with van der Waals surface area (Å²) in [5, 5.41) is -0.514. The summed E-state index contributed by atoms with van der Waals surface area (Å²) < 4.78 is 101. The molecule has 0 N–H and O–H groups in total. The average Bonchev–Trinajstić information content (AvgIpc) is 2.80. The van der Waals surface area contributed by atoms with Crippen LogP contribution in [0.4, 0.5) is 32.0 Å². The van der Waals surface area contributed by atoms with Gasteiger partial charge in [-0.3, -0.25) is 0 Å². The SMILES string of the molecule is COC(=O)C1=C(C(=O)OC)N(c2cc(Oc3c(F)cc(C(F)(F)F)cc3F)c(Cl)cc2F)COC1. The fourth-order valence-corrected chi connectivity index (χ4v) is 3.26. The van der Waals surface area contributed by atoms with Crippen molar-refractivity contribution in [2.75, 3.05) is 32.5 Å². The summed E-state index contributed by atoms with van der Waals surface area (Å²) in [7, 11) is 2.03. The topological polar surface area (TPSA) is 74.3 Å². The van der Waals surface area contributed by atoms with Crippen LogP contribution < -0.4 is 9.64 Å². The molecular weight excluding hydrogens is 512 g/mol. The standard InChI is InChI=1S/C21H14ClF6NO6/c1-32-19(30)10-7-34-8-29(17(10)20(31)33-2)15-6-16(11(22)5-12(15)23)35-18-13(24)3-9(4-14(18)25)21(26,27)28/h3-6H,7-8H2,1-2H3. The summed E-state index contributed by atoms with van der Waals surface area (Å²) in [6, 6.07) is 1.49. The van der Waals surface area contributed by atoms with Crippen molar-refractivity contribution in [3.63, 3.8) is 0 Å². The van der Waals surface area contributed by atoms with Gasteiger partial charge in [0.2, 0.25) is 0 Å². The van der Waals surface area contributed by atoms with E-state index < -0.39 is 75.8 Å². The number of hydrogen-bond acceptors (Lipinski definition) is 7. The van der Waals surface area contributed by atoms with E-state index in [2.05, 4.69) is 9.47 Å². The third-order valence-electron chi connectivity index (χ3n) is 4.66. The summed E-state index contributed by atoms with van der Waals surface area (Å²) in [5.41, 5.74) is -2.87. The van der Waals surface area contributed by atoms with Crippen LogP contribution in [-0.4, -0.2) is 39.5 Å². The third-order valence-corrected chi connectivity index (χ3v) is 4.96. The minimum Gasteiger partial charge on any atom is -0.466 e. The van der Waals surface area contributed by atoms with Crippen LogP contribution in [0, 0.1) is 17.5 Å². The Hall–Kier alpha value is -3.45. The van der Waals surface area contributed by atoms with Gasteiger partial charge in [-0.25, -0.2) is 22.8 Å². The molecule has 0 atom stereocenters. The van der Waals surface area contributed by atoms with Crippen molar-refractivity contribution in [3.05, 3.63) is 63.6 Å². The molecule has 0 unspecified atom stereocenters. The lowest BCUT2D eigenvalue weighted by atomic mass is 10.1. The second kappa shape index (κ2) is 10.0. The quantitative estimate of drug-likeness (QED) is 0.403. The summed E-state index contributed by atoms with van der Waals surface area (Å²) in [4.78, 5) is 25.3. The zero-order valence-corrected chi connectivity index (χ0v) is 18.5. The molecule has 1 aliphatic heterocycles. The van der Waals surface area contributed by atoms with Crippen molar-refractivity contribution in [2.45, 2.75) is 6.18 Å². The highest BCUT2D eigenvalue weighted by Gasteiger charge is 2.35. The van der Waals surface area contributed by atoms with Gasteiger partial charge >= 0.3 is 18.1 Å². The van der Waals surface area contributed by atoms with E-state index in [-0.39, 0.29) is 24.3 Å². The minimum atomic E-state index is -5.02. The van der Waals surface area contributed by atoms with Crippen LogP contribution in [0.15, 0.2) is 35.5 Å². The molecule has 188 valence electrons. The summed E-state index contributed by atoms with van der Waals surface area (Å²) >= 11 is 5.91. The number of hydrogen-bond donors (Lipinski definition) is 0. The lowest BCUT2D eigenvalue weighted by molar-refractivity contribution is -0.140. The van der Waals surface area contributed by atoms with Crippen LogP contribution >= 0.6 is 11.6 Å². The van der Waals surface area contributed by atoms with Gasteiger partial charge in [0.1, 0.15) is 24.0 Å². The largest absolute Gasteiger partial charge is 0.466 e. The maximum absolute atomic E-state index is 14.8. The summed E-state index contributed by atoms with van der Waals surface area (Å²) in [5.74, 6) is -8.36. The first-order chi connectivity index (χ1) is 16.4. The van der Waals surface area contributed by atoms with E-state index in [1.165, 1.54) is 0 Å². The molecule has 0 amide bonds. The Morgan fingerprint density at radius 3 is 2.11 bits per heavy atom. The molecule has 2 aromatic rings. The van der Waals surface area contributed by atoms with Gasteiger partial charge in [0, 0.05) is 6.07 Å². The van der Waals surface area contributed by atoms with Gasteiger partial charge in [-0.05, 0) is 18.2 Å². The number of benzene rings is 2. The highest BCUT2D eigenvalue weighted by Crippen LogP contribution is 2.40. The van der Waals surface area contributed by atoms with Gasteiger partial charge in [0.25, 0.3) is 0 Å². The number of carbonyl (C=O) groups is 2. The van der Waals surface area contributed by atoms with E-state index in [0.717, 1.165) is 25.2 Å². The molecule has 14 heteroatoms. The molecule has 3 rings (SSSR count). The van der Waals surface area contributed by atoms with Crippen LogP contribution in [0.5, 0.6) is 11.5 Å². The summed E-state index contributed by atoms with van der Waals surface area (Å²) in [6.45, 7) is -0.861. The maximum atomic E-state index is 14.8. The Labute approximate surface area is 198 Å². The first-order valence-electron chi connectivity index (χ1n) is 9.37. The number of halogens is 7. The predicted molar refractivity (Wildman–Crippen MR) is 107 cm³/mol. The van der Waals surface area contributed by atoms with Gasteiger partial charge < -0.3 is 23.8 Å². The van der Waals surface area contributed by atoms with Crippen LogP contribution in [0.1, 0.15) is 5.56 Å². The molecule has 0 aliphatic carbocycles. The van der Waals surface area contributed by atoms with Crippen molar-refractivity contribution in [1.82, 2.24) is 0 Å².